The van der Waals surface area contributed by atoms with Crippen LogP contribution in [0.4, 0.5) is 5.69 Å². The van der Waals surface area contributed by atoms with E-state index < -0.39 is 4.92 Å². The van der Waals surface area contributed by atoms with E-state index >= 15 is 0 Å². The summed E-state index contributed by atoms with van der Waals surface area (Å²) in [6, 6.07) is 4.68. The van der Waals surface area contributed by atoms with E-state index in [0.717, 1.165) is 0 Å². The molecule has 0 amide bonds. The van der Waals surface area contributed by atoms with E-state index in [1.165, 1.54) is 6.07 Å². The molecule has 100 valence electrons. The molecule has 0 spiro atoms. The first kappa shape index (κ1) is 13.2. The molecule has 1 heterocycles. The summed E-state index contributed by atoms with van der Waals surface area (Å²) < 4.78 is 5.14. The number of nitrogens with two attached hydrogens (primary N) is 1. The van der Waals surface area contributed by atoms with Gasteiger partial charge in [0.25, 0.3) is 11.6 Å². The Morgan fingerprint density at radius 3 is 2.84 bits per heavy atom. The van der Waals surface area contributed by atoms with Crippen LogP contribution in [0.25, 0.3) is 11.5 Å². The van der Waals surface area contributed by atoms with E-state index in [1.54, 1.807) is 19.1 Å². The largest absolute Gasteiger partial charge is 0.334 e. The SMILES string of the molecule is Cc1cc(-c2nc(C(C)CN)no2)ccc1[N+](=O)[O-]. The van der Waals surface area contributed by atoms with Gasteiger partial charge in [-0.3, -0.25) is 10.1 Å². The predicted molar refractivity (Wildman–Crippen MR) is 68.6 cm³/mol. The van der Waals surface area contributed by atoms with E-state index in [-0.39, 0.29) is 11.6 Å². The Balaban J connectivity index is 2.35. The number of hydrogen-bond acceptors (Lipinski definition) is 6. The van der Waals surface area contributed by atoms with Gasteiger partial charge >= 0.3 is 0 Å². The molecule has 0 saturated carbocycles. The molecular formula is C12H14N4O3. The lowest BCUT2D eigenvalue weighted by atomic mass is 10.1. The van der Waals surface area contributed by atoms with Gasteiger partial charge in [-0.25, -0.2) is 0 Å². The van der Waals surface area contributed by atoms with Crippen molar-refractivity contribution < 1.29 is 9.45 Å². The van der Waals surface area contributed by atoms with Gasteiger partial charge in [0.15, 0.2) is 5.82 Å². The van der Waals surface area contributed by atoms with Gasteiger partial charge < -0.3 is 10.3 Å². The number of benzene rings is 1. The van der Waals surface area contributed by atoms with E-state index in [0.29, 0.717) is 29.4 Å². The van der Waals surface area contributed by atoms with Crippen molar-refractivity contribution >= 4 is 5.69 Å². The maximum atomic E-state index is 10.7. The van der Waals surface area contributed by atoms with Crippen LogP contribution < -0.4 is 5.73 Å². The van der Waals surface area contributed by atoms with Gasteiger partial charge in [0.05, 0.1) is 4.92 Å². The van der Waals surface area contributed by atoms with Gasteiger partial charge in [-0.2, -0.15) is 4.98 Å². The average Bonchev–Trinajstić information content (AvgIpc) is 2.86. The summed E-state index contributed by atoms with van der Waals surface area (Å²) in [7, 11) is 0. The van der Waals surface area contributed by atoms with Crippen molar-refractivity contribution in [3.63, 3.8) is 0 Å². The number of nitro groups is 1. The molecule has 19 heavy (non-hydrogen) atoms. The minimum Gasteiger partial charge on any atom is -0.334 e. The number of hydrogen-bond donors (Lipinski definition) is 1. The lowest BCUT2D eigenvalue weighted by Crippen LogP contribution is -2.10. The smallest absolute Gasteiger partial charge is 0.272 e. The molecule has 0 saturated heterocycles. The van der Waals surface area contributed by atoms with Crippen LogP contribution in [0, 0.1) is 17.0 Å². The number of aromatic nitrogens is 2. The van der Waals surface area contributed by atoms with Gasteiger partial charge in [-0.1, -0.05) is 12.1 Å². The van der Waals surface area contributed by atoms with Crippen LogP contribution in [0.2, 0.25) is 0 Å². The Kier molecular flexibility index (Phi) is 3.57. The Morgan fingerprint density at radius 2 is 2.26 bits per heavy atom. The highest BCUT2D eigenvalue weighted by Crippen LogP contribution is 2.25. The standard InChI is InChI=1S/C12H14N4O3/c1-7-5-9(3-4-10(7)16(17)18)12-14-11(15-19-12)8(2)6-13/h3-5,8H,6,13H2,1-2H3. The first-order chi connectivity index (χ1) is 9.02. The predicted octanol–water partition coefficient (Wildman–Crippen LogP) is 2.02. The summed E-state index contributed by atoms with van der Waals surface area (Å²) in [6.45, 7) is 4.00. The number of nitrogens with zero attached hydrogens (tertiary/aromatic N) is 3. The molecule has 0 aliphatic rings. The van der Waals surface area contributed by atoms with Crippen molar-refractivity contribution in [2.75, 3.05) is 6.54 Å². The number of rotatable bonds is 4. The maximum absolute atomic E-state index is 10.7. The summed E-state index contributed by atoms with van der Waals surface area (Å²) >= 11 is 0. The van der Waals surface area contributed by atoms with E-state index in [2.05, 4.69) is 10.1 Å². The minimum absolute atomic E-state index is 0.0108. The second-order valence-corrected chi connectivity index (χ2v) is 4.35. The summed E-state index contributed by atoms with van der Waals surface area (Å²) in [5, 5.41) is 14.6. The first-order valence-corrected chi connectivity index (χ1v) is 5.82. The van der Waals surface area contributed by atoms with E-state index in [4.69, 9.17) is 10.3 Å². The van der Waals surface area contributed by atoms with Gasteiger partial charge in [-0.05, 0) is 19.1 Å². The number of nitro benzene ring substituents is 1. The first-order valence-electron chi connectivity index (χ1n) is 5.82. The van der Waals surface area contributed by atoms with Crippen LogP contribution in [0.15, 0.2) is 22.7 Å². The quantitative estimate of drug-likeness (QED) is 0.667. The molecule has 1 atom stereocenters. The van der Waals surface area contributed by atoms with E-state index in [1.807, 2.05) is 6.92 Å². The zero-order chi connectivity index (χ0) is 14.0. The van der Waals surface area contributed by atoms with Gasteiger partial charge in [0.2, 0.25) is 0 Å². The second kappa shape index (κ2) is 5.15. The third-order valence-corrected chi connectivity index (χ3v) is 2.88. The molecule has 0 aliphatic carbocycles. The van der Waals surface area contributed by atoms with Gasteiger partial charge in [-0.15, -0.1) is 0 Å². The topological polar surface area (TPSA) is 108 Å². The zero-order valence-corrected chi connectivity index (χ0v) is 10.7. The fourth-order valence-electron chi connectivity index (χ4n) is 1.65. The van der Waals surface area contributed by atoms with Crippen LogP contribution in [0.1, 0.15) is 24.2 Å². The van der Waals surface area contributed by atoms with Crippen LogP contribution in [0.5, 0.6) is 0 Å². The van der Waals surface area contributed by atoms with Crippen molar-refractivity contribution in [1.29, 1.82) is 0 Å². The Hall–Kier alpha value is -2.28. The van der Waals surface area contributed by atoms with Crippen LogP contribution in [0.3, 0.4) is 0 Å². The normalized spacial score (nSPS) is 12.4. The second-order valence-electron chi connectivity index (χ2n) is 4.35. The molecule has 1 unspecified atom stereocenters. The maximum Gasteiger partial charge on any atom is 0.272 e. The summed E-state index contributed by atoms with van der Waals surface area (Å²) in [5.41, 5.74) is 6.81. The molecule has 2 N–H and O–H groups in total. The summed E-state index contributed by atoms with van der Waals surface area (Å²) in [4.78, 5) is 14.6. The van der Waals surface area contributed by atoms with E-state index in [9.17, 15) is 10.1 Å². The monoisotopic (exact) mass is 262 g/mol. The van der Waals surface area contributed by atoms with Crippen molar-refractivity contribution in [3.8, 4) is 11.5 Å². The van der Waals surface area contributed by atoms with Gasteiger partial charge in [0, 0.05) is 29.7 Å². The molecule has 1 aromatic heterocycles. The minimum atomic E-state index is -0.422. The van der Waals surface area contributed by atoms with Crippen molar-refractivity contribution in [2.24, 2.45) is 5.73 Å². The van der Waals surface area contributed by atoms with Gasteiger partial charge in [0.1, 0.15) is 0 Å². The third kappa shape index (κ3) is 2.60. The molecule has 0 radical (unpaired) electrons. The molecule has 7 nitrogen and oxygen atoms in total. The summed E-state index contributed by atoms with van der Waals surface area (Å²) in [6.07, 6.45) is 0. The Labute approximate surface area is 109 Å². The zero-order valence-electron chi connectivity index (χ0n) is 10.7. The highest BCUT2D eigenvalue weighted by Gasteiger charge is 2.16. The number of aryl methyl sites for hydroxylation is 1. The van der Waals surface area contributed by atoms with Crippen LogP contribution >= 0.6 is 0 Å². The summed E-state index contributed by atoms with van der Waals surface area (Å²) in [5.74, 6) is 0.887. The highest BCUT2D eigenvalue weighted by molar-refractivity contribution is 5.58. The lowest BCUT2D eigenvalue weighted by Gasteiger charge is -2.00. The molecule has 0 fully saturated rings. The fraction of sp³-hybridized carbons (Fsp3) is 0.333. The Morgan fingerprint density at radius 1 is 1.53 bits per heavy atom. The average molecular weight is 262 g/mol. The molecule has 0 bridgehead atoms. The molecule has 0 aliphatic heterocycles. The fourth-order valence-corrected chi connectivity index (χ4v) is 1.65. The van der Waals surface area contributed by atoms with Crippen molar-refractivity contribution in [2.45, 2.75) is 19.8 Å². The van der Waals surface area contributed by atoms with Crippen molar-refractivity contribution in [3.05, 3.63) is 39.7 Å². The molecule has 1 aromatic carbocycles. The third-order valence-electron chi connectivity index (χ3n) is 2.88. The van der Waals surface area contributed by atoms with Crippen LogP contribution in [-0.2, 0) is 0 Å². The molecule has 7 heteroatoms. The molecular weight excluding hydrogens is 248 g/mol. The molecule has 2 rings (SSSR count). The lowest BCUT2D eigenvalue weighted by molar-refractivity contribution is -0.385. The van der Waals surface area contributed by atoms with Crippen LogP contribution in [-0.4, -0.2) is 21.6 Å². The molecule has 2 aromatic rings. The highest BCUT2D eigenvalue weighted by atomic mass is 16.6. The van der Waals surface area contributed by atoms with Crippen molar-refractivity contribution in [1.82, 2.24) is 10.1 Å². The Bertz CT molecular complexity index is 609.